The summed E-state index contributed by atoms with van der Waals surface area (Å²) in [6, 6.07) is 2.13. The molecule has 0 N–H and O–H groups in total. The average molecular weight is 324 g/mol. The van der Waals surface area contributed by atoms with E-state index in [9.17, 15) is 8.42 Å². The standard InChI is InChI=1S/C15H24N4O2S/c20-22(21,15-3-4-15)18-11-13-5-7-16-19(13)14(12-18)6-10-17-8-1-2-9-17/h5,7,14-15H,1-4,6,8-12H2. The van der Waals surface area contributed by atoms with Crippen molar-refractivity contribution in [3.05, 3.63) is 18.0 Å². The van der Waals surface area contributed by atoms with Crippen LogP contribution in [-0.4, -0.2) is 58.8 Å². The first kappa shape index (κ1) is 14.7. The highest BCUT2D eigenvalue weighted by Crippen LogP contribution is 2.34. The maximum Gasteiger partial charge on any atom is 0.217 e. The summed E-state index contributed by atoms with van der Waals surface area (Å²) in [6.07, 6.45) is 7.02. The van der Waals surface area contributed by atoms with Gasteiger partial charge in [0.25, 0.3) is 0 Å². The largest absolute Gasteiger partial charge is 0.303 e. The number of aromatic nitrogens is 2. The van der Waals surface area contributed by atoms with Gasteiger partial charge in [-0.1, -0.05) is 0 Å². The molecule has 0 spiro atoms. The van der Waals surface area contributed by atoms with Crippen LogP contribution >= 0.6 is 0 Å². The maximum absolute atomic E-state index is 12.6. The van der Waals surface area contributed by atoms with Gasteiger partial charge in [-0.05, 0) is 51.3 Å². The molecule has 1 aliphatic carbocycles. The first-order valence-electron chi connectivity index (χ1n) is 8.38. The topological polar surface area (TPSA) is 58.4 Å². The lowest BCUT2D eigenvalue weighted by molar-refractivity contribution is 0.226. The highest BCUT2D eigenvalue weighted by molar-refractivity contribution is 7.90. The molecule has 0 aromatic carbocycles. The molecule has 22 heavy (non-hydrogen) atoms. The molecule has 0 radical (unpaired) electrons. The second kappa shape index (κ2) is 5.62. The summed E-state index contributed by atoms with van der Waals surface area (Å²) < 4.78 is 28.9. The lowest BCUT2D eigenvalue weighted by Gasteiger charge is -2.34. The summed E-state index contributed by atoms with van der Waals surface area (Å²) >= 11 is 0. The van der Waals surface area contributed by atoms with Crippen LogP contribution in [0.4, 0.5) is 0 Å². The summed E-state index contributed by atoms with van der Waals surface area (Å²) in [5, 5.41) is 4.31. The minimum atomic E-state index is -3.10. The van der Waals surface area contributed by atoms with Crippen LogP contribution in [0, 0.1) is 0 Å². The Bertz CT molecular complexity index is 632. The van der Waals surface area contributed by atoms with Crippen LogP contribution in [0.3, 0.4) is 0 Å². The molecular weight excluding hydrogens is 300 g/mol. The third-order valence-corrected chi connectivity index (χ3v) is 7.45. The van der Waals surface area contributed by atoms with Gasteiger partial charge in [-0.25, -0.2) is 8.42 Å². The van der Waals surface area contributed by atoms with E-state index in [2.05, 4.69) is 14.7 Å². The van der Waals surface area contributed by atoms with Gasteiger partial charge in [-0.3, -0.25) is 4.68 Å². The average Bonchev–Trinajstić information content (AvgIpc) is 3.06. The van der Waals surface area contributed by atoms with E-state index in [1.54, 1.807) is 10.5 Å². The van der Waals surface area contributed by atoms with Crippen molar-refractivity contribution in [1.29, 1.82) is 0 Å². The van der Waals surface area contributed by atoms with E-state index in [1.165, 1.54) is 25.9 Å². The quantitative estimate of drug-likeness (QED) is 0.817. The van der Waals surface area contributed by atoms with Gasteiger partial charge in [0.15, 0.2) is 0 Å². The Labute approximate surface area is 132 Å². The molecule has 1 aromatic heterocycles. The van der Waals surface area contributed by atoms with E-state index in [0.717, 1.165) is 31.5 Å². The lowest BCUT2D eigenvalue weighted by atomic mass is 10.1. The van der Waals surface area contributed by atoms with Crippen LogP contribution in [0.1, 0.15) is 43.8 Å². The number of nitrogens with zero attached hydrogens (tertiary/aromatic N) is 4. The predicted octanol–water partition coefficient (Wildman–Crippen LogP) is 1.22. The van der Waals surface area contributed by atoms with Gasteiger partial charge in [0.2, 0.25) is 10.0 Å². The summed E-state index contributed by atoms with van der Waals surface area (Å²) in [6.45, 7) is 4.48. The van der Waals surface area contributed by atoms with Gasteiger partial charge >= 0.3 is 0 Å². The number of hydrogen-bond acceptors (Lipinski definition) is 4. The Balaban J connectivity index is 1.50. The molecule has 6 nitrogen and oxygen atoms in total. The van der Waals surface area contributed by atoms with Crippen molar-refractivity contribution >= 4 is 10.0 Å². The highest BCUT2D eigenvalue weighted by Gasteiger charge is 2.42. The molecule has 1 unspecified atom stereocenters. The zero-order valence-electron chi connectivity index (χ0n) is 12.9. The highest BCUT2D eigenvalue weighted by atomic mass is 32.2. The van der Waals surface area contributed by atoms with Gasteiger partial charge in [0.05, 0.1) is 23.5 Å². The number of hydrogen-bond donors (Lipinski definition) is 0. The molecule has 1 atom stereocenters. The first-order chi connectivity index (χ1) is 10.6. The number of rotatable bonds is 5. The smallest absolute Gasteiger partial charge is 0.217 e. The van der Waals surface area contributed by atoms with E-state index in [0.29, 0.717) is 13.1 Å². The van der Waals surface area contributed by atoms with E-state index in [4.69, 9.17) is 0 Å². The van der Waals surface area contributed by atoms with E-state index >= 15 is 0 Å². The minimum absolute atomic E-state index is 0.124. The van der Waals surface area contributed by atoms with Gasteiger partial charge in [0.1, 0.15) is 0 Å². The van der Waals surface area contributed by atoms with E-state index < -0.39 is 10.0 Å². The Hall–Kier alpha value is -0.920. The molecule has 3 aliphatic rings. The van der Waals surface area contributed by atoms with E-state index in [1.807, 2.05) is 6.07 Å². The lowest BCUT2D eigenvalue weighted by Crippen LogP contribution is -2.43. The van der Waals surface area contributed by atoms with Crippen LogP contribution in [0.15, 0.2) is 12.3 Å². The summed E-state index contributed by atoms with van der Waals surface area (Å²) in [5.74, 6) is 0. The van der Waals surface area contributed by atoms with Crippen LogP contribution in [-0.2, 0) is 16.6 Å². The maximum atomic E-state index is 12.6. The third-order valence-electron chi connectivity index (χ3n) is 5.13. The number of fused-ring (bicyclic) bond motifs is 1. The zero-order valence-corrected chi connectivity index (χ0v) is 13.7. The van der Waals surface area contributed by atoms with Crippen molar-refractivity contribution in [2.24, 2.45) is 0 Å². The van der Waals surface area contributed by atoms with E-state index in [-0.39, 0.29) is 11.3 Å². The molecule has 3 heterocycles. The Kier molecular flexibility index (Phi) is 3.74. The molecule has 2 fully saturated rings. The van der Waals surface area contributed by atoms with Crippen molar-refractivity contribution in [2.75, 3.05) is 26.2 Å². The SMILES string of the molecule is O=S(=O)(C1CC1)N1Cc2ccnn2C(CCN2CCCC2)C1. The van der Waals surface area contributed by atoms with Gasteiger partial charge in [-0.15, -0.1) is 0 Å². The van der Waals surface area contributed by atoms with Gasteiger partial charge in [-0.2, -0.15) is 9.40 Å². The van der Waals surface area contributed by atoms with Crippen molar-refractivity contribution in [3.63, 3.8) is 0 Å². The molecule has 2 aliphatic heterocycles. The molecule has 0 bridgehead atoms. The van der Waals surface area contributed by atoms with Gasteiger partial charge < -0.3 is 4.90 Å². The second-order valence-corrected chi connectivity index (χ2v) is 9.01. The van der Waals surface area contributed by atoms with Gasteiger partial charge in [0, 0.05) is 19.3 Å². The number of sulfonamides is 1. The molecule has 0 amide bonds. The fourth-order valence-electron chi connectivity index (χ4n) is 3.68. The summed E-state index contributed by atoms with van der Waals surface area (Å²) in [5.41, 5.74) is 1.03. The Morgan fingerprint density at radius 2 is 2.00 bits per heavy atom. The van der Waals surface area contributed by atoms with Crippen LogP contribution in [0.5, 0.6) is 0 Å². The molecule has 122 valence electrons. The molecular formula is C15H24N4O2S. The Morgan fingerprint density at radius 3 is 2.73 bits per heavy atom. The molecule has 4 rings (SSSR count). The normalized spacial score (nSPS) is 27.2. The molecule has 1 aromatic rings. The molecule has 1 saturated heterocycles. The number of likely N-dealkylation sites (tertiary alicyclic amines) is 1. The third kappa shape index (κ3) is 2.70. The van der Waals surface area contributed by atoms with Crippen molar-refractivity contribution in [2.45, 2.75) is 49.9 Å². The first-order valence-corrected chi connectivity index (χ1v) is 9.88. The van der Waals surface area contributed by atoms with Crippen LogP contribution in [0.2, 0.25) is 0 Å². The molecule has 1 saturated carbocycles. The summed E-state index contributed by atoms with van der Waals surface area (Å²) in [7, 11) is -3.10. The monoisotopic (exact) mass is 324 g/mol. The summed E-state index contributed by atoms with van der Waals surface area (Å²) in [4.78, 5) is 2.48. The minimum Gasteiger partial charge on any atom is -0.303 e. The van der Waals surface area contributed by atoms with Crippen molar-refractivity contribution in [3.8, 4) is 0 Å². The van der Waals surface area contributed by atoms with Crippen LogP contribution < -0.4 is 0 Å². The fraction of sp³-hybridized carbons (Fsp3) is 0.800. The van der Waals surface area contributed by atoms with Crippen LogP contribution in [0.25, 0.3) is 0 Å². The molecule has 7 heteroatoms. The Morgan fingerprint density at radius 1 is 1.23 bits per heavy atom. The second-order valence-electron chi connectivity index (χ2n) is 6.80. The van der Waals surface area contributed by atoms with Crippen molar-refractivity contribution < 1.29 is 8.42 Å². The zero-order chi connectivity index (χ0) is 15.2. The fourth-order valence-corrected chi connectivity index (χ4v) is 5.52. The van der Waals surface area contributed by atoms with Crippen molar-refractivity contribution in [1.82, 2.24) is 19.0 Å². The predicted molar refractivity (Wildman–Crippen MR) is 83.9 cm³/mol.